The van der Waals surface area contributed by atoms with Crippen LogP contribution in [-0.2, 0) is 0 Å². The Morgan fingerprint density at radius 2 is 1.90 bits per heavy atom. The number of hydrogen-bond donors (Lipinski definition) is 1. The number of aryl methyl sites for hydroxylation is 1. The van der Waals surface area contributed by atoms with Crippen LogP contribution >= 0.6 is 45.8 Å². The van der Waals surface area contributed by atoms with Crippen molar-refractivity contribution in [2.75, 3.05) is 6.54 Å². The lowest BCUT2D eigenvalue weighted by Crippen LogP contribution is -2.23. The summed E-state index contributed by atoms with van der Waals surface area (Å²) in [5.74, 6) is 0. The molecule has 0 saturated heterocycles. The molecule has 0 saturated carbocycles. The highest BCUT2D eigenvalue weighted by atomic mass is 127. The topological polar surface area (TPSA) is 12.0 Å². The Labute approximate surface area is 143 Å². The smallest absolute Gasteiger partial charge is 0.0595 e. The van der Waals surface area contributed by atoms with Crippen LogP contribution < -0.4 is 5.32 Å². The molecule has 4 heteroatoms. The van der Waals surface area contributed by atoms with Crippen LogP contribution in [0.4, 0.5) is 0 Å². The van der Waals surface area contributed by atoms with Crippen molar-refractivity contribution in [3.8, 4) is 0 Å². The zero-order valence-electron chi connectivity index (χ0n) is 11.4. The van der Waals surface area contributed by atoms with Crippen LogP contribution in [0.15, 0.2) is 36.4 Å². The first-order chi connectivity index (χ1) is 9.54. The molecule has 1 atom stereocenters. The molecule has 0 bridgehead atoms. The quantitative estimate of drug-likeness (QED) is 0.635. The molecule has 2 rings (SSSR count). The molecule has 2 aromatic carbocycles. The summed E-state index contributed by atoms with van der Waals surface area (Å²) in [4.78, 5) is 0. The molecule has 0 aliphatic carbocycles. The lowest BCUT2D eigenvalue weighted by molar-refractivity contribution is 0.628. The van der Waals surface area contributed by atoms with Gasteiger partial charge in [-0.2, -0.15) is 0 Å². The summed E-state index contributed by atoms with van der Waals surface area (Å²) < 4.78 is 1.28. The first-order valence-electron chi connectivity index (χ1n) is 6.48. The van der Waals surface area contributed by atoms with Crippen LogP contribution in [0.5, 0.6) is 0 Å². The van der Waals surface area contributed by atoms with E-state index in [1.807, 2.05) is 18.2 Å². The summed E-state index contributed by atoms with van der Waals surface area (Å²) in [6.07, 6.45) is 0. The fourth-order valence-electron chi connectivity index (χ4n) is 2.20. The van der Waals surface area contributed by atoms with Gasteiger partial charge in [-0.1, -0.05) is 54.4 Å². The Bertz CT molecular complexity index is 613. The summed E-state index contributed by atoms with van der Waals surface area (Å²) in [5, 5.41) is 4.70. The van der Waals surface area contributed by atoms with Crippen LogP contribution in [0.3, 0.4) is 0 Å². The normalized spacial score (nSPS) is 12.4. The molecule has 20 heavy (non-hydrogen) atoms. The van der Waals surface area contributed by atoms with Gasteiger partial charge in [0.25, 0.3) is 0 Å². The Hall–Kier alpha value is -0.290. The van der Waals surface area contributed by atoms with Gasteiger partial charge in [0.15, 0.2) is 0 Å². The molecule has 0 fully saturated rings. The third-order valence-corrected chi connectivity index (χ3v) is 5.43. The minimum absolute atomic E-state index is 0.126. The van der Waals surface area contributed by atoms with Gasteiger partial charge in [-0.05, 0) is 64.9 Å². The summed E-state index contributed by atoms with van der Waals surface area (Å²) in [5.41, 5.74) is 3.68. The lowest BCUT2D eigenvalue weighted by atomic mass is 9.97. The van der Waals surface area contributed by atoms with E-state index >= 15 is 0 Å². The van der Waals surface area contributed by atoms with Gasteiger partial charge in [-0.15, -0.1) is 0 Å². The highest BCUT2D eigenvalue weighted by molar-refractivity contribution is 14.1. The van der Waals surface area contributed by atoms with E-state index in [4.69, 9.17) is 23.2 Å². The predicted octanol–water partition coefficient (Wildman–Crippen LogP) is 5.61. The molecular formula is C16H16Cl2IN. The molecule has 0 aromatic heterocycles. The molecule has 0 spiro atoms. The molecular weight excluding hydrogens is 404 g/mol. The van der Waals surface area contributed by atoms with Crippen molar-refractivity contribution in [2.24, 2.45) is 0 Å². The molecule has 106 valence electrons. The van der Waals surface area contributed by atoms with E-state index in [1.165, 1.54) is 14.7 Å². The van der Waals surface area contributed by atoms with Gasteiger partial charge in [0, 0.05) is 3.57 Å². The molecule has 0 amide bonds. The van der Waals surface area contributed by atoms with Gasteiger partial charge >= 0.3 is 0 Å². The first kappa shape index (κ1) is 16.1. The van der Waals surface area contributed by atoms with Crippen molar-refractivity contribution in [2.45, 2.75) is 19.9 Å². The largest absolute Gasteiger partial charge is 0.306 e. The zero-order chi connectivity index (χ0) is 14.7. The summed E-state index contributed by atoms with van der Waals surface area (Å²) in [7, 11) is 0. The molecule has 0 aliphatic heterocycles. The first-order valence-corrected chi connectivity index (χ1v) is 8.31. The van der Waals surface area contributed by atoms with Crippen molar-refractivity contribution < 1.29 is 0 Å². The van der Waals surface area contributed by atoms with Gasteiger partial charge < -0.3 is 5.32 Å². The fraction of sp³-hybridized carbons (Fsp3) is 0.250. The second-order valence-corrected chi connectivity index (χ2v) is 6.54. The Morgan fingerprint density at radius 1 is 1.15 bits per heavy atom. The number of hydrogen-bond acceptors (Lipinski definition) is 1. The van der Waals surface area contributed by atoms with Crippen molar-refractivity contribution >= 4 is 45.8 Å². The minimum atomic E-state index is 0.126. The maximum atomic E-state index is 6.15. The number of halogens is 3. The van der Waals surface area contributed by atoms with Crippen molar-refractivity contribution in [1.29, 1.82) is 0 Å². The maximum Gasteiger partial charge on any atom is 0.0595 e. The van der Waals surface area contributed by atoms with Crippen LogP contribution in [0.1, 0.15) is 29.7 Å². The average Bonchev–Trinajstić information content (AvgIpc) is 2.43. The van der Waals surface area contributed by atoms with Crippen LogP contribution in [0, 0.1) is 10.5 Å². The van der Waals surface area contributed by atoms with E-state index in [9.17, 15) is 0 Å². The Balaban J connectivity index is 2.50. The predicted molar refractivity (Wildman–Crippen MR) is 95.9 cm³/mol. The van der Waals surface area contributed by atoms with E-state index in [2.05, 4.69) is 60.0 Å². The monoisotopic (exact) mass is 419 g/mol. The highest BCUT2D eigenvalue weighted by Gasteiger charge is 2.17. The molecule has 2 aromatic rings. The molecule has 1 N–H and O–H groups in total. The van der Waals surface area contributed by atoms with E-state index < -0.39 is 0 Å². The zero-order valence-corrected chi connectivity index (χ0v) is 15.1. The van der Waals surface area contributed by atoms with Gasteiger partial charge in [0.2, 0.25) is 0 Å². The molecule has 1 nitrogen and oxygen atoms in total. The average molecular weight is 420 g/mol. The standard InChI is InChI=1S/C16H16Cl2IN/c1-3-20-16(11-7-8-13(17)14(18)9-11)12-6-4-5-10(2)15(12)19/h4-9,16,20H,3H2,1-2H3. The van der Waals surface area contributed by atoms with Crippen LogP contribution in [0.25, 0.3) is 0 Å². The number of nitrogens with one attached hydrogen (secondary N) is 1. The van der Waals surface area contributed by atoms with Gasteiger partial charge in [0.1, 0.15) is 0 Å². The van der Waals surface area contributed by atoms with Crippen LogP contribution in [0.2, 0.25) is 10.0 Å². The van der Waals surface area contributed by atoms with Gasteiger partial charge in [0.05, 0.1) is 16.1 Å². The summed E-state index contributed by atoms with van der Waals surface area (Å²) >= 11 is 14.6. The SMILES string of the molecule is CCNC(c1ccc(Cl)c(Cl)c1)c1cccc(C)c1I. The van der Waals surface area contributed by atoms with E-state index in [1.54, 1.807) is 0 Å². The number of rotatable bonds is 4. The summed E-state index contributed by atoms with van der Waals surface area (Å²) in [6, 6.07) is 12.3. The molecule has 0 radical (unpaired) electrons. The lowest BCUT2D eigenvalue weighted by Gasteiger charge is -2.21. The van der Waals surface area contributed by atoms with Crippen molar-refractivity contribution in [1.82, 2.24) is 5.32 Å². The second-order valence-electron chi connectivity index (χ2n) is 4.64. The van der Waals surface area contributed by atoms with Gasteiger partial charge in [-0.25, -0.2) is 0 Å². The van der Waals surface area contributed by atoms with Crippen molar-refractivity contribution in [3.05, 3.63) is 66.7 Å². The molecule has 0 aliphatic rings. The minimum Gasteiger partial charge on any atom is -0.306 e. The third kappa shape index (κ3) is 3.48. The second kappa shape index (κ2) is 7.12. The van der Waals surface area contributed by atoms with Crippen molar-refractivity contribution in [3.63, 3.8) is 0 Å². The Kier molecular flexibility index (Phi) is 5.73. The fourth-order valence-corrected chi connectivity index (χ4v) is 3.17. The highest BCUT2D eigenvalue weighted by Crippen LogP contribution is 2.31. The third-order valence-electron chi connectivity index (χ3n) is 3.22. The van der Waals surface area contributed by atoms with E-state index in [0.29, 0.717) is 10.0 Å². The van der Waals surface area contributed by atoms with Gasteiger partial charge in [-0.3, -0.25) is 0 Å². The molecule has 0 heterocycles. The Morgan fingerprint density at radius 3 is 2.55 bits per heavy atom. The van der Waals surface area contributed by atoms with Crippen LogP contribution in [-0.4, -0.2) is 6.54 Å². The molecule has 1 unspecified atom stereocenters. The van der Waals surface area contributed by atoms with E-state index in [0.717, 1.165) is 12.1 Å². The summed E-state index contributed by atoms with van der Waals surface area (Å²) in [6.45, 7) is 5.12. The maximum absolute atomic E-state index is 6.15. The number of benzene rings is 2. The van der Waals surface area contributed by atoms with E-state index in [-0.39, 0.29) is 6.04 Å².